The zero-order chi connectivity index (χ0) is 18.1. The number of amides is 2. The number of carbonyl (C=O) groups is 2. The number of hydrogen-bond acceptors (Lipinski definition) is 6. The predicted octanol–water partition coefficient (Wildman–Crippen LogP) is 0.591. The summed E-state index contributed by atoms with van der Waals surface area (Å²) in [6.07, 6.45) is -10.3. The van der Waals surface area contributed by atoms with Crippen molar-refractivity contribution < 1.29 is 35.9 Å². The molecule has 4 N–H and O–H groups in total. The maximum Gasteiger partial charge on any atom is 0.471 e. The van der Waals surface area contributed by atoms with E-state index in [1.165, 1.54) is 10.6 Å². The lowest BCUT2D eigenvalue weighted by Gasteiger charge is -2.03. The van der Waals surface area contributed by atoms with E-state index in [1.54, 1.807) is 0 Å². The number of aromatic amines is 2. The molecule has 0 radical (unpaired) electrons. The first-order valence-corrected chi connectivity index (χ1v) is 5.58. The molecule has 130 valence electrons. The molecule has 0 aliphatic rings. The Bertz CT molecular complexity index is 697. The summed E-state index contributed by atoms with van der Waals surface area (Å²) in [6.45, 7) is 0. The highest BCUT2D eigenvalue weighted by atomic mass is 19.4. The van der Waals surface area contributed by atoms with Gasteiger partial charge >= 0.3 is 24.2 Å². The van der Waals surface area contributed by atoms with Gasteiger partial charge in [0.2, 0.25) is 11.9 Å². The minimum atomic E-state index is -5.16. The van der Waals surface area contributed by atoms with Gasteiger partial charge in [-0.1, -0.05) is 0 Å². The highest BCUT2D eigenvalue weighted by Gasteiger charge is 2.40. The Morgan fingerprint density at radius 2 is 1.08 bits per heavy atom. The second-order valence-corrected chi connectivity index (χ2v) is 3.92. The van der Waals surface area contributed by atoms with Gasteiger partial charge in [-0.05, 0) is 0 Å². The molecule has 2 aromatic heterocycles. The number of H-pyrrole nitrogens is 2. The summed E-state index contributed by atoms with van der Waals surface area (Å²) in [4.78, 5) is 28.2. The highest BCUT2D eigenvalue weighted by Crippen LogP contribution is 2.19. The van der Waals surface area contributed by atoms with Crippen LogP contribution in [0, 0.1) is 0 Å². The van der Waals surface area contributed by atoms with Crippen LogP contribution < -0.4 is 10.6 Å². The number of rotatable bonds is 3. The second-order valence-electron chi connectivity index (χ2n) is 3.92. The average molecular weight is 358 g/mol. The van der Waals surface area contributed by atoms with Crippen molar-refractivity contribution in [2.45, 2.75) is 12.4 Å². The Kier molecular flexibility index (Phi) is 4.13. The molecule has 0 aromatic carbocycles. The van der Waals surface area contributed by atoms with Crippen molar-refractivity contribution in [1.82, 2.24) is 30.4 Å². The lowest BCUT2D eigenvalue weighted by molar-refractivity contribution is -0.167. The van der Waals surface area contributed by atoms with Crippen LogP contribution in [0.1, 0.15) is 0 Å². The summed E-state index contributed by atoms with van der Waals surface area (Å²) in [7, 11) is 0. The van der Waals surface area contributed by atoms with Gasteiger partial charge < -0.3 is 0 Å². The van der Waals surface area contributed by atoms with Gasteiger partial charge in [0.05, 0.1) is 0 Å². The number of nitrogens with one attached hydrogen (secondary N) is 4. The molecule has 16 heteroatoms. The predicted molar refractivity (Wildman–Crippen MR) is 61.1 cm³/mol. The van der Waals surface area contributed by atoms with Gasteiger partial charge in [-0.25, -0.2) is 0 Å². The monoisotopic (exact) mass is 358 g/mol. The first-order chi connectivity index (χ1) is 11.0. The fourth-order valence-electron chi connectivity index (χ4n) is 1.19. The Labute approximate surface area is 126 Å². The van der Waals surface area contributed by atoms with Gasteiger partial charge in [-0.2, -0.15) is 36.3 Å². The van der Waals surface area contributed by atoms with E-state index in [1.807, 2.05) is 0 Å². The second kappa shape index (κ2) is 5.78. The van der Waals surface area contributed by atoms with E-state index in [2.05, 4.69) is 30.4 Å². The van der Waals surface area contributed by atoms with E-state index < -0.39 is 36.1 Å². The molecule has 0 saturated heterocycles. The normalized spacial score (nSPS) is 12.1. The first kappa shape index (κ1) is 17.2. The van der Waals surface area contributed by atoms with Gasteiger partial charge in [0.25, 0.3) is 0 Å². The van der Waals surface area contributed by atoms with Crippen molar-refractivity contribution in [1.29, 1.82) is 0 Å². The molecule has 0 spiro atoms. The van der Waals surface area contributed by atoms with E-state index in [-0.39, 0.29) is 11.6 Å². The Hall–Kier alpha value is -3.20. The van der Waals surface area contributed by atoms with Crippen LogP contribution in [-0.4, -0.2) is 54.5 Å². The topological polar surface area (TPSA) is 141 Å². The molecule has 0 bridgehead atoms. The molecular formula is C8H4F6N8O2. The van der Waals surface area contributed by atoms with Crippen molar-refractivity contribution in [3.05, 3.63) is 0 Å². The van der Waals surface area contributed by atoms with Gasteiger partial charge in [-0.15, -0.1) is 10.2 Å². The van der Waals surface area contributed by atoms with E-state index in [9.17, 15) is 35.9 Å². The third-order valence-corrected chi connectivity index (χ3v) is 2.16. The number of halogens is 6. The molecule has 2 amide bonds. The summed E-state index contributed by atoms with van der Waals surface area (Å²) in [6, 6.07) is 0. The average Bonchev–Trinajstić information content (AvgIpc) is 3.05. The maximum absolute atomic E-state index is 12.0. The van der Waals surface area contributed by atoms with Crippen molar-refractivity contribution >= 4 is 23.7 Å². The van der Waals surface area contributed by atoms with Crippen molar-refractivity contribution in [3.8, 4) is 11.6 Å². The highest BCUT2D eigenvalue weighted by molar-refractivity contribution is 5.94. The molecule has 24 heavy (non-hydrogen) atoms. The van der Waals surface area contributed by atoms with Crippen LogP contribution >= 0.6 is 0 Å². The van der Waals surface area contributed by atoms with Crippen LogP contribution in [0.15, 0.2) is 0 Å². The summed E-state index contributed by atoms with van der Waals surface area (Å²) in [5.74, 6) is -6.89. The van der Waals surface area contributed by atoms with E-state index >= 15 is 0 Å². The lowest BCUT2D eigenvalue weighted by atomic mass is 10.5. The molecule has 0 fully saturated rings. The van der Waals surface area contributed by atoms with Crippen molar-refractivity contribution in [3.63, 3.8) is 0 Å². The lowest BCUT2D eigenvalue weighted by Crippen LogP contribution is -2.30. The van der Waals surface area contributed by atoms with Crippen LogP contribution in [-0.2, 0) is 9.59 Å². The minimum Gasteiger partial charge on any atom is -0.285 e. The van der Waals surface area contributed by atoms with Crippen LogP contribution in [0.25, 0.3) is 11.6 Å². The SMILES string of the molecule is O=C(Nc1n[nH]c(-c2nc(NC(=O)C(F)(F)F)n[nH]2)n1)C(F)(F)F. The van der Waals surface area contributed by atoms with Crippen LogP contribution in [0.5, 0.6) is 0 Å². The fourth-order valence-corrected chi connectivity index (χ4v) is 1.19. The smallest absolute Gasteiger partial charge is 0.285 e. The Balaban J connectivity index is 2.09. The van der Waals surface area contributed by atoms with Gasteiger partial charge in [-0.3, -0.25) is 30.4 Å². The molecule has 2 rings (SSSR count). The number of nitrogens with zero attached hydrogens (tertiary/aromatic N) is 4. The summed E-state index contributed by atoms with van der Waals surface area (Å²) in [5.41, 5.74) is 0. The van der Waals surface area contributed by atoms with E-state index in [0.29, 0.717) is 0 Å². The zero-order valence-electron chi connectivity index (χ0n) is 10.9. The third kappa shape index (κ3) is 3.96. The Morgan fingerprint density at radius 3 is 1.38 bits per heavy atom. The molecular weight excluding hydrogens is 354 g/mol. The zero-order valence-corrected chi connectivity index (χ0v) is 10.9. The van der Waals surface area contributed by atoms with E-state index in [4.69, 9.17) is 0 Å². The molecule has 0 atom stereocenters. The van der Waals surface area contributed by atoms with E-state index in [0.717, 1.165) is 0 Å². The maximum atomic E-state index is 12.0. The van der Waals surface area contributed by atoms with Gasteiger partial charge in [0, 0.05) is 0 Å². The first-order valence-electron chi connectivity index (χ1n) is 5.58. The number of hydrogen-bond donors (Lipinski definition) is 4. The third-order valence-electron chi connectivity index (χ3n) is 2.16. The standard InChI is InChI=1S/C8H4F6N8O2/c9-7(10,11)3(23)17-5-15-1(19-21-5)2-16-6(22-20-2)18-4(24)8(12,13)14/h(H2,15,17,19,21,23)(H2,16,18,20,22,24). The van der Waals surface area contributed by atoms with Gasteiger partial charge in [0.1, 0.15) is 0 Å². The number of alkyl halides is 6. The summed E-state index contributed by atoms with van der Waals surface area (Å²) in [5, 5.41) is 13.3. The number of anilines is 2. The quantitative estimate of drug-likeness (QED) is 0.592. The molecule has 2 aromatic rings. The van der Waals surface area contributed by atoms with Gasteiger partial charge in [0.15, 0.2) is 11.6 Å². The Morgan fingerprint density at radius 1 is 0.750 bits per heavy atom. The molecule has 0 unspecified atom stereocenters. The largest absolute Gasteiger partial charge is 0.471 e. The number of aromatic nitrogens is 6. The molecule has 0 aliphatic carbocycles. The molecule has 0 aliphatic heterocycles. The summed E-state index contributed by atoms with van der Waals surface area (Å²) < 4.78 is 72.3. The molecule has 2 heterocycles. The molecule has 10 nitrogen and oxygen atoms in total. The van der Waals surface area contributed by atoms with Crippen molar-refractivity contribution in [2.75, 3.05) is 10.6 Å². The minimum absolute atomic E-state index is 0.354. The number of carbonyl (C=O) groups excluding carboxylic acids is 2. The van der Waals surface area contributed by atoms with Crippen molar-refractivity contribution in [2.24, 2.45) is 0 Å². The van der Waals surface area contributed by atoms with Crippen LogP contribution in [0.4, 0.5) is 38.2 Å². The fraction of sp³-hybridized carbons (Fsp3) is 0.250. The van der Waals surface area contributed by atoms with Crippen LogP contribution in [0.3, 0.4) is 0 Å². The summed E-state index contributed by atoms with van der Waals surface area (Å²) >= 11 is 0. The molecule has 0 saturated carbocycles. The van der Waals surface area contributed by atoms with Crippen LogP contribution in [0.2, 0.25) is 0 Å².